The van der Waals surface area contributed by atoms with Gasteiger partial charge in [0, 0.05) is 17.9 Å². The van der Waals surface area contributed by atoms with Gasteiger partial charge in [0.2, 0.25) is 5.91 Å². The van der Waals surface area contributed by atoms with E-state index in [1.807, 2.05) is 6.92 Å². The third-order valence-electron chi connectivity index (χ3n) is 6.50. The van der Waals surface area contributed by atoms with Gasteiger partial charge >= 0.3 is 0 Å². The number of anilines is 1. The van der Waals surface area contributed by atoms with Crippen molar-refractivity contribution in [2.75, 3.05) is 11.1 Å². The number of benzene rings is 3. The monoisotopic (exact) mass is 569 g/mol. The molecule has 3 aromatic rings. The number of Topliss-reactive ketones (excluding diaryl/α,β-unsaturated/α-hetero) is 1. The quantitative estimate of drug-likeness (QED) is 0.123. The first kappa shape index (κ1) is 30.8. The molecule has 0 saturated heterocycles. The molecule has 1 amide bonds. The molecular formula is C31H33F2NO5S. The number of amides is 1. The molecule has 0 aliphatic carbocycles. The summed E-state index contributed by atoms with van der Waals surface area (Å²) in [5.41, 5.74) is 3.48. The van der Waals surface area contributed by atoms with Gasteiger partial charge in [-0.15, -0.1) is 6.58 Å². The van der Waals surface area contributed by atoms with Gasteiger partial charge in [0.15, 0.2) is 5.78 Å². The number of carbonyl (C=O) groups excluding carboxylic acids is 2. The summed E-state index contributed by atoms with van der Waals surface area (Å²) >= 11 is 0. The van der Waals surface area contributed by atoms with Crippen molar-refractivity contribution in [3.05, 3.63) is 102 Å². The Morgan fingerprint density at radius 2 is 1.57 bits per heavy atom. The van der Waals surface area contributed by atoms with Gasteiger partial charge < -0.3 is 5.32 Å². The molecule has 0 aliphatic rings. The molecular weight excluding hydrogens is 536 g/mol. The molecule has 0 aromatic heterocycles. The highest BCUT2D eigenvalue weighted by atomic mass is 32.2. The molecule has 3 rings (SSSR count). The smallest absolute Gasteiger partial charge is 0.264 e. The number of ketones is 1. The van der Waals surface area contributed by atoms with Crippen molar-refractivity contribution in [1.82, 2.24) is 0 Å². The maximum atomic E-state index is 14.9. The largest absolute Gasteiger partial charge is 0.323 e. The van der Waals surface area contributed by atoms with Crippen molar-refractivity contribution in [3.63, 3.8) is 0 Å². The van der Waals surface area contributed by atoms with Crippen molar-refractivity contribution in [3.8, 4) is 11.1 Å². The van der Waals surface area contributed by atoms with Crippen LogP contribution in [0.15, 0.2) is 78.9 Å². The predicted molar refractivity (Wildman–Crippen MR) is 153 cm³/mol. The zero-order chi connectivity index (χ0) is 29.3. The summed E-state index contributed by atoms with van der Waals surface area (Å²) in [6, 6.07) is 16.9. The zero-order valence-corrected chi connectivity index (χ0v) is 23.1. The first-order valence-corrected chi connectivity index (χ1v) is 14.6. The fraction of sp³-hybridized carbons (Fsp3) is 0.290. The van der Waals surface area contributed by atoms with Crippen LogP contribution in [0.4, 0.5) is 14.5 Å². The lowest BCUT2D eigenvalue weighted by Crippen LogP contribution is -2.25. The molecule has 1 unspecified atom stereocenters. The number of rotatable bonds is 14. The highest BCUT2D eigenvalue weighted by Gasteiger charge is 2.21. The Hall–Kier alpha value is -3.69. The highest BCUT2D eigenvalue weighted by Crippen LogP contribution is 2.26. The fourth-order valence-corrected chi connectivity index (χ4v) is 4.83. The van der Waals surface area contributed by atoms with Crippen molar-refractivity contribution in [2.24, 2.45) is 5.92 Å². The van der Waals surface area contributed by atoms with Gasteiger partial charge in [0.05, 0.1) is 11.4 Å². The Morgan fingerprint density at radius 3 is 2.17 bits per heavy atom. The van der Waals surface area contributed by atoms with Gasteiger partial charge in [0.25, 0.3) is 10.1 Å². The van der Waals surface area contributed by atoms with Crippen LogP contribution in [-0.4, -0.2) is 30.4 Å². The predicted octanol–water partition coefficient (Wildman–Crippen LogP) is 7.03. The van der Waals surface area contributed by atoms with Crippen LogP contribution in [-0.2, 0) is 21.3 Å². The molecule has 9 heteroatoms. The SMILES string of the molecule is C=C(C)CCCC(Cc1ccc(C(=O)CCCS(=O)(=O)O)cc1)C(=O)Nc1ccc(-c2ccc(F)cc2)cc1F. The first-order valence-electron chi connectivity index (χ1n) is 13.0. The summed E-state index contributed by atoms with van der Waals surface area (Å²) in [6.45, 7) is 5.82. The van der Waals surface area contributed by atoms with E-state index < -0.39 is 27.6 Å². The molecule has 0 bridgehead atoms. The van der Waals surface area contributed by atoms with E-state index in [0.29, 0.717) is 29.5 Å². The van der Waals surface area contributed by atoms with Gasteiger partial charge in [-0.25, -0.2) is 8.78 Å². The number of carbonyl (C=O) groups is 2. The summed E-state index contributed by atoms with van der Waals surface area (Å²) < 4.78 is 58.7. The van der Waals surface area contributed by atoms with Crippen LogP contribution in [0.25, 0.3) is 11.1 Å². The molecule has 0 radical (unpaired) electrons. The Bertz CT molecular complexity index is 1450. The second-order valence-corrected chi connectivity index (χ2v) is 11.5. The minimum absolute atomic E-state index is 0.0173. The van der Waals surface area contributed by atoms with E-state index in [1.165, 1.54) is 24.3 Å². The minimum atomic E-state index is -4.12. The number of halogens is 2. The topological polar surface area (TPSA) is 101 Å². The van der Waals surface area contributed by atoms with E-state index in [-0.39, 0.29) is 36.0 Å². The lowest BCUT2D eigenvalue weighted by atomic mass is 9.91. The minimum Gasteiger partial charge on any atom is -0.323 e. The number of allylic oxidation sites excluding steroid dienone is 1. The van der Waals surface area contributed by atoms with Gasteiger partial charge in [0.1, 0.15) is 11.6 Å². The molecule has 0 heterocycles. The fourth-order valence-electron chi connectivity index (χ4n) is 4.32. The van der Waals surface area contributed by atoms with Gasteiger partial charge in [-0.1, -0.05) is 48.0 Å². The Balaban J connectivity index is 1.69. The maximum absolute atomic E-state index is 14.9. The lowest BCUT2D eigenvalue weighted by molar-refractivity contribution is -0.120. The van der Waals surface area contributed by atoms with Crippen LogP contribution < -0.4 is 5.32 Å². The van der Waals surface area contributed by atoms with E-state index in [4.69, 9.17) is 4.55 Å². The molecule has 1 atom stereocenters. The average Bonchev–Trinajstić information content (AvgIpc) is 2.89. The van der Waals surface area contributed by atoms with Crippen LogP contribution in [0.5, 0.6) is 0 Å². The maximum Gasteiger partial charge on any atom is 0.264 e. The third kappa shape index (κ3) is 9.81. The standard InChI is InChI=1S/C31H33F2NO5S/c1-21(2)5-3-6-26(19-22-8-10-24(11-9-22)30(35)7-4-18-40(37,38)39)31(36)34-29-17-14-25(20-28(29)33)23-12-15-27(32)16-13-23/h8-17,20,26H,1,3-7,18-19H2,2H3,(H,34,36)(H,37,38,39). The number of hydrogen-bond donors (Lipinski definition) is 2. The van der Waals surface area contributed by atoms with Gasteiger partial charge in [-0.05, 0) is 80.0 Å². The lowest BCUT2D eigenvalue weighted by Gasteiger charge is -2.18. The second-order valence-electron chi connectivity index (χ2n) is 9.95. The van der Waals surface area contributed by atoms with Crippen LogP contribution in [0.3, 0.4) is 0 Å². The van der Waals surface area contributed by atoms with E-state index in [2.05, 4.69) is 11.9 Å². The molecule has 6 nitrogen and oxygen atoms in total. The molecule has 0 aliphatic heterocycles. The van der Waals surface area contributed by atoms with Gasteiger partial charge in [-0.3, -0.25) is 14.1 Å². The molecule has 2 N–H and O–H groups in total. The molecule has 40 heavy (non-hydrogen) atoms. The molecule has 212 valence electrons. The Morgan fingerprint density at radius 1 is 0.925 bits per heavy atom. The van der Waals surface area contributed by atoms with Crippen molar-refractivity contribution < 1.29 is 31.3 Å². The normalized spacial score (nSPS) is 12.1. The highest BCUT2D eigenvalue weighted by molar-refractivity contribution is 7.85. The van der Waals surface area contributed by atoms with E-state index in [9.17, 15) is 26.8 Å². The Labute approximate surface area is 233 Å². The molecule has 0 saturated carbocycles. The van der Waals surface area contributed by atoms with E-state index in [1.54, 1.807) is 42.5 Å². The first-order chi connectivity index (χ1) is 18.9. The van der Waals surface area contributed by atoms with Crippen LogP contribution >= 0.6 is 0 Å². The summed E-state index contributed by atoms with van der Waals surface area (Å²) in [5, 5.41) is 2.70. The summed E-state index contributed by atoms with van der Waals surface area (Å²) in [6.07, 6.45) is 2.40. The van der Waals surface area contributed by atoms with Crippen molar-refractivity contribution in [2.45, 2.75) is 45.4 Å². The van der Waals surface area contributed by atoms with Gasteiger partial charge in [-0.2, -0.15) is 8.42 Å². The van der Waals surface area contributed by atoms with E-state index >= 15 is 0 Å². The van der Waals surface area contributed by atoms with Crippen molar-refractivity contribution >= 4 is 27.5 Å². The second kappa shape index (κ2) is 14.1. The van der Waals surface area contributed by atoms with Crippen LogP contribution in [0, 0.1) is 17.6 Å². The number of nitrogens with one attached hydrogen (secondary N) is 1. The summed E-state index contributed by atoms with van der Waals surface area (Å²) in [5.74, 6) is -2.51. The van der Waals surface area contributed by atoms with Crippen LogP contribution in [0.1, 0.15) is 54.9 Å². The van der Waals surface area contributed by atoms with Crippen LogP contribution in [0.2, 0.25) is 0 Å². The molecule has 3 aromatic carbocycles. The Kier molecular flexibility index (Phi) is 10.9. The zero-order valence-electron chi connectivity index (χ0n) is 22.3. The summed E-state index contributed by atoms with van der Waals surface area (Å²) in [4.78, 5) is 25.6. The summed E-state index contributed by atoms with van der Waals surface area (Å²) in [7, 11) is -4.12. The third-order valence-corrected chi connectivity index (χ3v) is 7.30. The van der Waals surface area contributed by atoms with E-state index in [0.717, 1.165) is 24.0 Å². The average molecular weight is 570 g/mol. The van der Waals surface area contributed by atoms with Crippen molar-refractivity contribution in [1.29, 1.82) is 0 Å². The molecule has 0 spiro atoms. The molecule has 0 fully saturated rings. The number of hydrogen-bond acceptors (Lipinski definition) is 4.